The van der Waals surface area contributed by atoms with Crippen molar-refractivity contribution in [2.24, 2.45) is 5.41 Å². The zero-order valence-corrected chi connectivity index (χ0v) is 10.2. The predicted molar refractivity (Wildman–Crippen MR) is 67.7 cm³/mol. The van der Waals surface area contributed by atoms with Crippen LogP contribution in [0.25, 0.3) is 0 Å². The molecule has 0 radical (unpaired) electrons. The normalized spacial score (nSPS) is 23.8. The van der Waals surface area contributed by atoms with E-state index in [2.05, 4.69) is 15.2 Å². The number of nitrogens with zero attached hydrogens (tertiary/aromatic N) is 2. The Bertz CT molecular complexity index is 417. The summed E-state index contributed by atoms with van der Waals surface area (Å²) in [5.74, 6) is 0.974. The first-order valence-electron chi connectivity index (χ1n) is 5.74. The van der Waals surface area contributed by atoms with Crippen molar-refractivity contribution in [3.05, 3.63) is 18.3 Å². The van der Waals surface area contributed by atoms with Gasteiger partial charge in [0.2, 0.25) is 5.91 Å². The minimum absolute atomic E-state index is 0.0930. The van der Waals surface area contributed by atoms with Gasteiger partial charge in [-0.15, -0.1) is 0 Å². The molecule has 0 saturated carbocycles. The van der Waals surface area contributed by atoms with Crippen LogP contribution in [0, 0.1) is 5.41 Å². The SMILES string of the molecule is CNC(=O)C1(C)CCN(c2ccc(N)cn2)C1. The molecule has 1 amide bonds. The average molecular weight is 234 g/mol. The van der Waals surface area contributed by atoms with Crippen LogP contribution in [0.5, 0.6) is 0 Å². The van der Waals surface area contributed by atoms with Gasteiger partial charge in [-0.1, -0.05) is 0 Å². The summed E-state index contributed by atoms with van der Waals surface area (Å²) < 4.78 is 0. The molecule has 5 nitrogen and oxygen atoms in total. The lowest BCUT2D eigenvalue weighted by molar-refractivity contribution is -0.128. The smallest absolute Gasteiger partial charge is 0.227 e. The van der Waals surface area contributed by atoms with Gasteiger partial charge in [-0.05, 0) is 25.5 Å². The third kappa shape index (κ3) is 2.18. The van der Waals surface area contributed by atoms with Gasteiger partial charge in [0.25, 0.3) is 0 Å². The Morgan fingerprint density at radius 2 is 2.35 bits per heavy atom. The standard InChI is InChI=1S/C12H18N4O/c1-12(11(17)14-2)5-6-16(8-12)10-4-3-9(13)7-15-10/h3-4,7H,5-6,8,13H2,1-2H3,(H,14,17). The van der Waals surface area contributed by atoms with Crippen molar-refractivity contribution < 1.29 is 4.79 Å². The Balaban J connectivity index is 2.12. The summed E-state index contributed by atoms with van der Waals surface area (Å²) in [5, 5.41) is 2.72. The topological polar surface area (TPSA) is 71.2 Å². The van der Waals surface area contributed by atoms with Crippen molar-refractivity contribution in [1.29, 1.82) is 0 Å². The first-order chi connectivity index (χ1) is 8.05. The van der Waals surface area contributed by atoms with Crippen LogP contribution in [0.3, 0.4) is 0 Å². The van der Waals surface area contributed by atoms with Gasteiger partial charge >= 0.3 is 0 Å². The van der Waals surface area contributed by atoms with Gasteiger partial charge in [-0.2, -0.15) is 0 Å². The molecule has 0 bridgehead atoms. The molecule has 1 aliphatic rings. The molecule has 1 aromatic rings. The Hall–Kier alpha value is -1.78. The van der Waals surface area contributed by atoms with Crippen LogP contribution in [0.15, 0.2) is 18.3 Å². The molecule has 5 heteroatoms. The van der Waals surface area contributed by atoms with Crippen molar-refractivity contribution in [3.8, 4) is 0 Å². The average Bonchev–Trinajstić information content (AvgIpc) is 2.73. The first kappa shape index (κ1) is 11.7. The third-order valence-electron chi connectivity index (χ3n) is 3.34. The zero-order chi connectivity index (χ0) is 12.5. The second-order valence-corrected chi connectivity index (χ2v) is 4.76. The quantitative estimate of drug-likeness (QED) is 0.787. The van der Waals surface area contributed by atoms with E-state index in [1.54, 1.807) is 13.2 Å². The highest BCUT2D eigenvalue weighted by Gasteiger charge is 2.40. The molecule has 3 N–H and O–H groups in total. The number of aromatic nitrogens is 1. The summed E-state index contributed by atoms with van der Waals surface area (Å²) in [4.78, 5) is 18.2. The van der Waals surface area contributed by atoms with Crippen LogP contribution >= 0.6 is 0 Å². The molecular weight excluding hydrogens is 216 g/mol. The maximum atomic E-state index is 11.8. The van der Waals surface area contributed by atoms with Crippen LogP contribution in [0.4, 0.5) is 11.5 Å². The van der Waals surface area contributed by atoms with E-state index in [1.165, 1.54) is 0 Å². The van der Waals surface area contributed by atoms with E-state index in [9.17, 15) is 4.79 Å². The molecule has 0 aliphatic carbocycles. The number of hydrogen-bond acceptors (Lipinski definition) is 4. The summed E-state index contributed by atoms with van der Waals surface area (Å²) in [5.41, 5.74) is 5.94. The lowest BCUT2D eigenvalue weighted by Gasteiger charge is -2.23. The maximum absolute atomic E-state index is 11.8. The van der Waals surface area contributed by atoms with Crippen molar-refractivity contribution in [2.45, 2.75) is 13.3 Å². The molecule has 1 saturated heterocycles. The molecule has 1 unspecified atom stereocenters. The predicted octanol–water partition coefficient (Wildman–Crippen LogP) is 0.626. The summed E-state index contributed by atoms with van der Waals surface area (Å²) in [6, 6.07) is 3.73. The van der Waals surface area contributed by atoms with Gasteiger partial charge in [-0.25, -0.2) is 4.98 Å². The molecular formula is C12H18N4O. The number of nitrogen functional groups attached to an aromatic ring is 1. The van der Waals surface area contributed by atoms with E-state index in [0.717, 1.165) is 18.8 Å². The van der Waals surface area contributed by atoms with Gasteiger partial charge < -0.3 is 16.0 Å². The molecule has 2 rings (SSSR count). The van der Waals surface area contributed by atoms with E-state index in [1.807, 2.05) is 19.1 Å². The van der Waals surface area contributed by atoms with Crippen molar-refractivity contribution >= 4 is 17.4 Å². The Morgan fingerprint density at radius 3 is 2.94 bits per heavy atom. The minimum Gasteiger partial charge on any atom is -0.397 e. The molecule has 0 aromatic carbocycles. The van der Waals surface area contributed by atoms with E-state index in [4.69, 9.17) is 5.73 Å². The van der Waals surface area contributed by atoms with E-state index >= 15 is 0 Å². The van der Waals surface area contributed by atoms with Crippen molar-refractivity contribution in [3.63, 3.8) is 0 Å². The number of nitrogens with one attached hydrogen (secondary N) is 1. The Kier molecular flexibility index (Phi) is 2.92. The van der Waals surface area contributed by atoms with Gasteiger partial charge in [-0.3, -0.25) is 4.79 Å². The van der Waals surface area contributed by atoms with Crippen LogP contribution in [-0.4, -0.2) is 31.0 Å². The second kappa shape index (κ2) is 4.24. The maximum Gasteiger partial charge on any atom is 0.227 e. The van der Waals surface area contributed by atoms with Crippen LogP contribution in [-0.2, 0) is 4.79 Å². The fourth-order valence-corrected chi connectivity index (χ4v) is 2.23. The highest BCUT2D eigenvalue weighted by Crippen LogP contribution is 2.32. The zero-order valence-electron chi connectivity index (χ0n) is 10.2. The number of rotatable bonds is 2. The number of hydrogen-bond donors (Lipinski definition) is 2. The number of carbonyl (C=O) groups excluding carboxylic acids is 1. The van der Waals surface area contributed by atoms with Crippen molar-refractivity contribution in [1.82, 2.24) is 10.3 Å². The molecule has 2 heterocycles. The number of carbonyl (C=O) groups is 1. The van der Waals surface area contributed by atoms with Crippen LogP contribution < -0.4 is 16.0 Å². The minimum atomic E-state index is -0.322. The fourth-order valence-electron chi connectivity index (χ4n) is 2.23. The van der Waals surface area contributed by atoms with Crippen molar-refractivity contribution in [2.75, 3.05) is 30.8 Å². The summed E-state index contributed by atoms with van der Waals surface area (Å²) in [6.07, 6.45) is 2.49. The largest absolute Gasteiger partial charge is 0.397 e. The lowest BCUT2D eigenvalue weighted by Crippen LogP contribution is -2.39. The summed E-state index contributed by atoms with van der Waals surface area (Å²) in [6.45, 7) is 3.54. The lowest BCUT2D eigenvalue weighted by atomic mass is 9.89. The molecule has 1 aromatic heterocycles. The van der Waals surface area contributed by atoms with Gasteiger partial charge in [0, 0.05) is 20.1 Å². The highest BCUT2D eigenvalue weighted by molar-refractivity contribution is 5.83. The van der Waals surface area contributed by atoms with E-state index in [0.29, 0.717) is 12.2 Å². The van der Waals surface area contributed by atoms with Crippen LogP contribution in [0.1, 0.15) is 13.3 Å². The Labute approximate surface area is 101 Å². The molecule has 0 spiro atoms. The molecule has 1 fully saturated rings. The number of anilines is 2. The number of amides is 1. The molecule has 17 heavy (non-hydrogen) atoms. The molecule has 92 valence electrons. The van der Waals surface area contributed by atoms with Gasteiger partial charge in [0.15, 0.2) is 0 Å². The summed E-state index contributed by atoms with van der Waals surface area (Å²) in [7, 11) is 1.68. The summed E-state index contributed by atoms with van der Waals surface area (Å²) >= 11 is 0. The van der Waals surface area contributed by atoms with Gasteiger partial charge in [0.05, 0.1) is 17.3 Å². The fraction of sp³-hybridized carbons (Fsp3) is 0.500. The van der Waals surface area contributed by atoms with E-state index in [-0.39, 0.29) is 11.3 Å². The van der Waals surface area contributed by atoms with E-state index < -0.39 is 0 Å². The van der Waals surface area contributed by atoms with Gasteiger partial charge in [0.1, 0.15) is 5.82 Å². The highest BCUT2D eigenvalue weighted by atomic mass is 16.2. The second-order valence-electron chi connectivity index (χ2n) is 4.76. The van der Waals surface area contributed by atoms with Crippen LogP contribution in [0.2, 0.25) is 0 Å². The number of pyridine rings is 1. The number of nitrogens with two attached hydrogens (primary N) is 1. The first-order valence-corrected chi connectivity index (χ1v) is 5.74. The Morgan fingerprint density at radius 1 is 1.59 bits per heavy atom. The monoisotopic (exact) mass is 234 g/mol. The molecule has 1 aliphatic heterocycles. The third-order valence-corrected chi connectivity index (χ3v) is 3.34. The molecule has 1 atom stereocenters.